The fourth-order valence-electron chi connectivity index (χ4n) is 4.40. The Labute approximate surface area is 269 Å². The zero-order chi connectivity index (χ0) is 34.7. The number of aliphatic carboxylic acids is 1. The SMILES string of the molecule is CCOc1cc(C(Nc2ccc3c(N)nccc3c2)C(=O)NCc2ccccc2C(=O)NC)ccc1OC(C)C.O=C(O)C(F)(F)F. The molecular formula is C33H36F3N5O6. The first-order valence-corrected chi connectivity index (χ1v) is 14.5. The fourth-order valence-corrected chi connectivity index (χ4v) is 4.40. The van der Waals surface area contributed by atoms with Gasteiger partial charge in [-0.15, -0.1) is 0 Å². The summed E-state index contributed by atoms with van der Waals surface area (Å²) < 4.78 is 43.5. The molecule has 1 heterocycles. The van der Waals surface area contributed by atoms with E-state index in [1.54, 1.807) is 25.4 Å². The number of rotatable bonds is 11. The van der Waals surface area contributed by atoms with Crippen molar-refractivity contribution in [3.63, 3.8) is 0 Å². The molecule has 1 atom stereocenters. The number of nitrogens with zero attached hydrogens (tertiary/aromatic N) is 1. The summed E-state index contributed by atoms with van der Waals surface area (Å²) >= 11 is 0. The second kappa shape index (κ2) is 16.2. The number of carbonyl (C=O) groups is 3. The molecule has 0 fully saturated rings. The summed E-state index contributed by atoms with van der Waals surface area (Å²) in [6, 6.07) is 19.4. The average Bonchev–Trinajstić information content (AvgIpc) is 3.03. The number of carboxylic acid groups (broad SMARTS) is 1. The van der Waals surface area contributed by atoms with Crippen molar-refractivity contribution in [1.82, 2.24) is 15.6 Å². The van der Waals surface area contributed by atoms with Gasteiger partial charge in [-0.2, -0.15) is 13.2 Å². The number of nitrogens with two attached hydrogens (primary N) is 1. The third-order valence-corrected chi connectivity index (χ3v) is 6.52. The molecule has 250 valence electrons. The molecule has 1 unspecified atom stereocenters. The van der Waals surface area contributed by atoms with Gasteiger partial charge in [0.1, 0.15) is 11.9 Å². The van der Waals surface area contributed by atoms with Gasteiger partial charge in [-0.05, 0) is 79.7 Å². The molecule has 14 heteroatoms. The maximum absolute atomic E-state index is 13.7. The number of halogens is 3. The predicted octanol–water partition coefficient (Wildman–Crippen LogP) is 5.47. The number of carbonyl (C=O) groups excluding carboxylic acids is 2. The van der Waals surface area contributed by atoms with Crippen LogP contribution < -0.4 is 31.2 Å². The Hall–Kier alpha value is -5.53. The topological polar surface area (TPSA) is 165 Å². The van der Waals surface area contributed by atoms with Crippen molar-refractivity contribution in [3.05, 3.63) is 89.6 Å². The van der Waals surface area contributed by atoms with Gasteiger partial charge in [0.15, 0.2) is 11.5 Å². The molecule has 0 aliphatic carbocycles. The summed E-state index contributed by atoms with van der Waals surface area (Å²) in [5.74, 6) is -1.65. The van der Waals surface area contributed by atoms with Crippen molar-refractivity contribution in [2.45, 2.75) is 45.6 Å². The van der Waals surface area contributed by atoms with Gasteiger partial charge in [0.05, 0.1) is 12.7 Å². The quantitative estimate of drug-likeness (QED) is 0.141. The molecule has 47 heavy (non-hydrogen) atoms. The normalized spacial score (nSPS) is 11.6. The lowest BCUT2D eigenvalue weighted by Gasteiger charge is -2.23. The summed E-state index contributed by atoms with van der Waals surface area (Å²) in [7, 11) is 1.58. The Morgan fingerprint density at radius 1 is 1.00 bits per heavy atom. The lowest BCUT2D eigenvalue weighted by Crippen LogP contribution is -2.34. The minimum absolute atomic E-state index is 0.0396. The highest BCUT2D eigenvalue weighted by Crippen LogP contribution is 2.33. The van der Waals surface area contributed by atoms with Crippen molar-refractivity contribution in [2.24, 2.45) is 0 Å². The average molecular weight is 656 g/mol. The molecule has 2 amide bonds. The zero-order valence-electron chi connectivity index (χ0n) is 26.1. The van der Waals surface area contributed by atoms with Gasteiger partial charge in [-0.25, -0.2) is 9.78 Å². The second-order valence-electron chi connectivity index (χ2n) is 10.3. The van der Waals surface area contributed by atoms with Crippen LogP contribution in [0.2, 0.25) is 0 Å². The molecule has 0 aliphatic heterocycles. The highest BCUT2D eigenvalue weighted by molar-refractivity contribution is 5.96. The van der Waals surface area contributed by atoms with Crippen LogP contribution in [0, 0.1) is 0 Å². The largest absolute Gasteiger partial charge is 0.490 e. The number of aromatic nitrogens is 1. The lowest BCUT2D eigenvalue weighted by molar-refractivity contribution is -0.192. The van der Waals surface area contributed by atoms with E-state index in [2.05, 4.69) is 20.9 Å². The van der Waals surface area contributed by atoms with Crippen molar-refractivity contribution >= 4 is 40.1 Å². The number of nitrogen functional groups attached to an aromatic ring is 1. The Morgan fingerprint density at radius 3 is 2.34 bits per heavy atom. The van der Waals surface area contributed by atoms with E-state index >= 15 is 0 Å². The molecule has 6 N–H and O–H groups in total. The Morgan fingerprint density at radius 2 is 1.70 bits per heavy atom. The molecule has 0 spiro atoms. The maximum Gasteiger partial charge on any atom is 0.490 e. The van der Waals surface area contributed by atoms with Crippen molar-refractivity contribution in [3.8, 4) is 11.5 Å². The molecule has 0 saturated carbocycles. The van der Waals surface area contributed by atoms with Crippen LogP contribution in [0.4, 0.5) is 24.7 Å². The fraction of sp³-hybridized carbons (Fsp3) is 0.273. The zero-order valence-corrected chi connectivity index (χ0v) is 26.1. The van der Waals surface area contributed by atoms with Gasteiger partial charge in [0.2, 0.25) is 5.91 Å². The molecule has 4 rings (SSSR count). The first kappa shape index (κ1) is 35.9. The summed E-state index contributed by atoms with van der Waals surface area (Å²) in [5.41, 5.74) is 8.65. The van der Waals surface area contributed by atoms with Crippen LogP contribution >= 0.6 is 0 Å². The van der Waals surface area contributed by atoms with Crippen molar-refractivity contribution in [1.29, 1.82) is 0 Å². The van der Waals surface area contributed by atoms with Crippen LogP contribution in [0.15, 0.2) is 72.9 Å². The van der Waals surface area contributed by atoms with E-state index in [1.807, 2.05) is 75.4 Å². The second-order valence-corrected chi connectivity index (χ2v) is 10.3. The van der Waals surface area contributed by atoms with Crippen LogP contribution in [0.1, 0.15) is 48.3 Å². The molecule has 0 bridgehead atoms. The smallest absolute Gasteiger partial charge is 0.490 e. The van der Waals surface area contributed by atoms with Gasteiger partial charge in [0.25, 0.3) is 5.91 Å². The number of hydrogen-bond donors (Lipinski definition) is 5. The number of benzene rings is 3. The number of hydrogen-bond acceptors (Lipinski definition) is 8. The van der Waals surface area contributed by atoms with E-state index in [4.69, 9.17) is 25.1 Å². The summed E-state index contributed by atoms with van der Waals surface area (Å²) in [4.78, 5) is 39.1. The van der Waals surface area contributed by atoms with Crippen LogP contribution in [-0.4, -0.2) is 53.8 Å². The number of nitrogens with one attached hydrogen (secondary N) is 3. The standard InChI is InChI=1S/C31H35N5O4.C2HF3O2/c1-5-39-27-17-21(10-13-26(27)40-19(2)3)28(36-23-11-12-24-20(16-23)14-15-34-29(24)32)31(38)35-18-22-8-6-7-9-25(22)30(37)33-4;3-2(4,5)1(6)7/h6-17,19,28,36H,5,18H2,1-4H3,(H2,32,34)(H,33,37)(H,35,38);(H,6,7). The third kappa shape index (κ3) is 9.98. The van der Waals surface area contributed by atoms with Crippen LogP contribution in [0.5, 0.6) is 11.5 Å². The predicted molar refractivity (Wildman–Crippen MR) is 171 cm³/mol. The Balaban J connectivity index is 0.000000771. The maximum atomic E-state index is 13.7. The van der Waals surface area contributed by atoms with E-state index < -0.39 is 18.2 Å². The molecule has 1 aromatic heterocycles. The number of pyridine rings is 1. The number of carboxylic acids is 1. The third-order valence-electron chi connectivity index (χ3n) is 6.52. The number of ether oxygens (including phenoxy) is 2. The molecular weight excluding hydrogens is 619 g/mol. The van der Waals surface area contributed by atoms with Crippen LogP contribution in [0.3, 0.4) is 0 Å². The van der Waals surface area contributed by atoms with Gasteiger partial charge in [0, 0.05) is 36.4 Å². The van der Waals surface area contributed by atoms with Gasteiger partial charge < -0.3 is 36.3 Å². The van der Waals surface area contributed by atoms with Crippen molar-refractivity contribution in [2.75, 3.05) is 24.7 Å². The van der Waals surface area contributed by atoms with E-state index in [1.165, 1.54) is 0 Å². The van der Waals surface area contributed by atoms with E-state index in [0.717, 1.165) is 16.5 Å². The molecule has 3 aromatic carbocycles. The highest BCUT2D eigenvalue weighted by Gasteiger charge is 2.38. The highest BCUT2D eigenvalue weighted by atomic mass is 19.4. The first-order valence-electron chi connectivity index (χ1n) is 14.5. The number of amides is 2. The number of alkyl halides is 3. The number of anilines is 2. The minimum Gasteiger partial charge on any atom is -0.490 e. The summed E-state index contributed by atoms with van der Waals surface area (Å²) in [6.07, 6.45) is -3.47. The van der Waals surface area contributed by atoms with Gasteiger partial charge in [-0.1, -0.05) is 24.3 Å². The number of fused-ring (bicyclic) bond motifs is 1. The summed E-state index contributed by atoms with van der Waals surface area (Å²) in [5, 5.41) is 17.9. The van der Waals surface area contributed by atoms with Gasteiger partial charge in [-0.3, -0.25) is 9.59 Å². The first-order chi connectivity index (χ1) is 22.2. The molecule has 0 saturated heterocycles. The monoisotopic (exact) mass is 655 g/mol. The van der Waals surface area contributed by atoms with E-state index in [0.29, 0.717) is 40.6 Å². The summed E-state index contributed by atoms with van der Waals surface area (Å²) in [6.45, 7) is 6.40. The minimum atomic E-state index is -5.08. The molecule has 4 aromatic rings. The van der Waals surface area contributed by atoms with Crippen LogP contribution in [0.25, 0.3) is 10.8 Å². The molecule has 0 aliphatic rings. The Bertz CT molecular complexity index is 1710. The Kier molecular flexibility index (Phi) is 12.4. The lowest BCUT2D eigenvalue weighted by atomic mass is 10.0. The van der Waals surface area contributed by atoms with Gasteiger partial charge >= 0.3 is 12.1 Å². The van der Waals surface area contributed by atoms with Crippen molar-refractivity contribution < 1.29 is 42.1 Å². The van der Waals surface area contributed by atoms with E-state index in [-0.39, 0.29) is 24.5 Å². The molecule has 11 nitrogen and oxygen atoms in total. The molecule has 0 radical (unpaired) electrons. The van der Waals surface area contributed by atoms with Crippen LogP contribution in [-0.2, 0) is 16.1 Å². The van der Waals surface area contributed by atoms with E-state index in [9.17, 15) is 22.8 Å².